The third kappa shape index (κ3) is 5.19. The molecule has 2 heterocycles. The van der Waals surface area contributed by atoms with E-state index in [1.807, 2.05) is 13.0 Å². The molecule has 0 saturated heterocycles. The predicted octanol–water partition coefficient (Wildman–Crippen LogP) is 6.75. The van der Waals surface area contributed by atoms with Gasteiger partial charge in [-0.05, 0) is 56.4 Å². The Kier molecular flexibility index (Phi) is 8.08. The molecule has 0 atom stereocenters. The lowest BCUT2D eigenvalue weighted by Crippen LogP contribution is -2.37. The molecule has 1 N–H and O–H groups in total. The van der Waals surface area contributed by atoms with E-state index >= 15 is 0 Å². The number of rotatable bonds is 10. The largest absolute Gasteiger partial charge is 0.478 e. The average molecular weight is 516 g/mol. The molecular formula is C32H41N3O3. The molecule has 0 unspecified atom stereocenters. The first-order chi connectivity index (χ1) is 18.5. The van der Waals surface area contributed by atoms with Gasteiger partial charge in [-0.1, -0.05) is 50.1 Å². The Balaban J connectivity index is 1.56. The topological polar surface area (TPSA) is 57.9 Å². The number of nitrogens with zero attached hydrogens (tertiary/aromatic N) is 3. The normalized spacial score (nSPS) is 15.7. The van der Waals surface area contributed by atoms with Crippen LogP contribution in [0.3, 0.4) is 0 Å². The van der Waals surface area contributed by atoms with Gasteiger partial charge in [0.2, 0.25) is 0 Å². The maximum Gasteiger partial charge on any atom is 0.335 e. The minimum absolute atomic E-state index is 0.355. The van der Waals surface area contributed by atoms with E-state index in [4.69, 9.17) is 4.74 Å². The Hall–Kier alpha value is -3.25. The van der Waals surface area contributed by atoms with Crippen LogP contribution in [0.25, 0.3) is 22.2 Å². The molecule has 3 aromatic rings. The minimum Gasteiger partial charge on any atom is -0.478 e. The molecule has 1 aromatic heterocycles. The average Bonchev–Trinajstić information content (AvgIpc) is 3.16. The maximum atomic E-state index is 11.9. The lowest BCUT2D eigenvalue weighted by atomic mass is 9.81. The molecule has 2 aromatic carbocycles. The van der Waals surface area contributed by atoms with Gasteiger partial charge in [0.25, 0.3) is 0 Å². The van der Waals surface area contributed by atoms with Crippen molar-refractivity contribution in [2.45, 2.75) is 58.4 Å². The van der Waals surface area contributed by atoms with Crippen LogP contribution in [0, 0.1) is 0 Å². The Bertz CT molecular complexity index is 1300. The lowest BCUT2D eigenvalue weighted by molar-refractivity contribution is 0.0697. The summed E-state index contributed by atoms with van der Waals surface area (Å²) in [6.45, 7) is 14.0. The van der Waals surface area contributed by atoms with Crippen molar-refractivity contribution in [3.63, 3.8) is 0 Å². The number of benzene rings is 2. The van der Waals surface area contributed by atoms with Crippen LogP contribution in [0.1, 0.15) is 67.8 Å². The van der Waals surface area contributed by atoms with Crippen LogP contribution in [0.5, 0.6) is 0 Å². The Labute approximate surface area is 226 Å². The highest BCUT2D eigenvalue weighted by atomic mass is 16.5. The SMILES string of the molecule is C=C(C)N(CCOCC)CCN1CCn2c(c(C3CCCCC3)c3ccc(C(=O)O)cc32)-c2ccccc21. The predicted molar refractivity (Wildman–Crippen MR) is 155 cm³/mol. The van der Waals surface area contributed by atoms with E-state index in [1.165, 1.54) is 60.0 Å². The summed E-state index contributed by atoms with van der Waals surface area (Å²) in [6, 6.07) is 14.5. The van der Waals surface area contributed by atoms with E-state index in [0.717, 1.165) is 50.5 Å². The van der Waals surface area contributed by atoms with Gasteiger partial charge in [-0.3, -0.25) is 0 Å². The van der Waals surface area contributed by atoms with Gasteiger partial charge in [-0.15, -0.1) is 0 Å². The Morgan fingerprint density at radius 1 is 1.11 bits per heavy atom. The van der Waals surface area contributed by atoms with Gasteiger partial charge in [-0.2, -0.15) is 0 Å². The van der Waals surface area contributed by atoms with Crippen LogP contribution in [-0.4, -0.2) is 59.9 Å². The molecule has 0 bridgehead atoms. The summed E-state index contributed by atoms with van der Waals surface area (Å²) < 4.78 is 8.02. The molecular weight excluding hydrogens is 474 g/mol. The van der Waals surface area contributed by atoms with Gasteiger partial charge >= 0.3 is 5.97 Å². The van der Waals surface area contributed by atoms with Crippen LogP contribution in [0.4, 0.5) is 5.69 Å². The van der Waals surface area contributed by atoms with Crippen molar-refractivity contribution in [3.05, 3.63) is 65.9 Å². The second-order valence-electron chi connectivity index (χ2n) is 10.7. The molecule has 1 aliphatic heterocycles. The fraction of sp³-hybridized carbons (Fsp3) is 0.469. The molecule has 6 nitrogen and oxygen atoms in total. The van der Waals surface area contributed by atoms with Gasteiger partial charge < -0.3 is 24.2 Å². The summed E-state index contributed by atoms with van der Waals surface area (Å²) in [5.74, 6) is -0.362. The number of allylic oxidation sites excluding steroid dienone is 1. The van der Waals surface area contributed by atoms with Crippen LogP contribution >= 0.6 is 0 Å². The van der Waals surface area contributed by atoms with Gasteiger partial charge in [0.15, 0.2) is 0 Å². The van der Waals surface area contributed by atoms with E-state index in [1.54, 1.807) is 6.07 Å². The summed E-state index contributed by atoms with van der Waals surface area (Å²) in [4.78, 5) is 16.7. The number of carboxylic acid groups (broad SMARTS) is 1. The van der Waals surface area contributed by atoms with Crippen LogP contribution in [0.2, 0.25) is 0 Å². The third-order valence-corrected chi connectivity index (χ3v) is 8.35. The third-order valence-electron chi connectivity index (χ3n) is 8.35. The molecule has 1 saturated carbocycles. The number of hydrogen-bond acceptors (Lipinski definition) is 4. The second kappa shape index (κ2) is 11.6. The number of fused-ring (bicyclic) bond motifs is 5. The number of aromatic nitrogens is 1. The maximum absolute atomic E-state index is 11.9. The first-order valence-corrected chi connectivity index (χ1v) is 14.2. The highest BCUT2D eigenvalue weighted by Crippen LogP contribution is 2.47. The summed E-state index contributed by atoms with van der Waals surface area (Å²) in [6.07, 6.45) is 6.23. The van der Waals surface area contributed by atoms with E-state index < -0.39 is 5.97 Å². The zero-order chi connectivity index (χ0) is 26.6. The van der Waals surface area contributed by atoms with Crippen molar-refractivity contribution in [1.82, 2.24) is 9.47 Å². The quantitative estimate of drug-likeness (QED) is 0.303. The van der Waals surface area contributed by atoms with E-state index in [9.17, 15) is 9.90 Å². The molecule has 0 amide bonds. The summed E-state index contributed by atoms with van der Waals surface area (Å²) in [5.41, 5.74) is 7.70. The van der Waals surface area contributed by atoms with Gasteiger partial charge in [0.1, 0.15) is 0 Å². The molecule has 2 aliphatic rings. The molecule has 1 aliphatic carbocycles. The van der Waals surface area contributed by atoms with Crippen molar-refractivity contribution in [3.8, 4) is 11.3 Å². The molecule has 1 fully saturated rings. The summed E-state index contributed by atoms with van der Waals surface area (Å²) in [7, 11) is 0. The molecule has 6 heteroatoms. The van der Waals surface area contributed by atoms with Gasteiger partial charge in [-0.25, -0.2) is 4.79 Å². The first kappa shape index (κ1) is 26.4. The molecule has 38 heavy (non-hydrogen) atoms. The smallest absolute Gasteiger partial charge is 0.335 e. The number of carbonyl (C=O) groups is 1. The highest BCUT2D eigenvalue weighted by molar-refractivity contribution is 5.99. The monoisotopic (exact) mass is 515 g/mol. The van der Waals surface area contributed by atoms with Crippen LogP contribution in [0.15, 0.2) is 54.7 Å². The van der Waals surface area contributed by atoms with Crippen molar-refractivity contribution < 1.29 is 14.6 Å². The zero-order valence-corrected chi connectivity index (χ0v) is 22.9. The van der Waals surface area contributed by atoms with Gasteiger partial charge in [0.05, 0.1) is 17.9 Å². The first-order valence-electron chi connectivity index (χ1n) is 14.2. The van der Waals surface area contributed by atoms with Crippen molar-refractivity contribution >= 4 is 22.6 Å². The molecule has 5 rings (SSSR count). The van der Waals surface area contributed by atoms with Crippen molar-refractivity contribution in [1.29, 1.82) is 0 Å². The van der Waals surface area contributed by atoms with E-state index in [-0.39, 0.29) is 0 Å². The molecule has 0 radical (unpaired) electrons. The number of ether oxygens (including phenoxy) is 1. The number of anilines is 1. The minimum atomic E-state index is -0.871. The van der Waals surface area contributed by atoms with Crippen molar-refractivity contribution in [2.24, 2.45) is 0 Å². The van der Waals surface area contributed by atoms with Crippen LogP contribution < -0.4 is 4.90 Å². The molecule has 0 spiro atoms. The fourth-order valence-electron chi connectivity index (χ4n) is 6.41. The Morgan fingerprint density at radius 3 is 2.63 bits per heavy atom. The standard InChI is InChI=1S/C32H41N3O3/c1-4-38-21-20-33(23(2)3)16-17-34-18-19-35-29-22-25(32(36)37)14-15-26(29)30(24-10-6-5-7-11-24)31(35)27-12-8-9-13-28(27)34/h8-9,12-15,22,24H,2,4-7,10-11,16-21H2,1,3H3,(H,36,37). The number of hydrogen-bond donors (Lipinski definition) is 1. The fourth-order valence-corrected chi connectivity index (χ4v) is 6.41. The number of aromatic carboxylic acids is 1. The zero-order valence-electron chi connectivity index (χ0n) is 22.9. The Morgan fingerprint density at radius 2 is 1.89 bits per heavy atom. The van der Waals surface area contributed by atoms with Gasteiger partial charge in [0, 0.05) is 67.2 Å². The highest BCUT2D eigenvalue weighted by Gasteiger charge is 2.30. The van der Waals surface area contributed by atoms with E-state index in [2.05, 4.69) is 58.2 Å². The second-order valence-corrected chi connectivity index (χ2v) is 10.7. The van der Waals surface area contributed by atoms with Crippen LogP contribution in [-0.2, 0) is 11.3 Å². The van der Waals surface area contributed by atoms with E-state index in [0.29, 0.717) is 18.1 Å². The summed E-state index contributed by atoms with van der Waals surface area (Å²) >= 11 is 0. The number of carboxylic acids is 1. The molecule has 202 valence electrons. The lowest BCUT2D eigenvalue weighted by Gasteiger charge is -2.30. The van der Waals surface area contributed by atoms with Crippen molar-refractivity contribution in [2.75, 3.05) is 44.3 Å². The number of para-hydroxylation sites is 1. The summed E-state index contributed by atoms with van der Waals surface area (Å²) in [5, 5.41) is 11.0.